The van der Waals surface area contributed by atoms with Gasteiger partial charge < -0.3 is 14.4 Å². The minimum atomic E-state index is -0.0389. The van der Waals surface area contributed by atoms with Crippen molar-refractivity contribution in [2.45, 2.75) is 45.1 Å². The normalized spacial score (nSPS) is 15.1. The first-order valence-corrected chi connectivity index (χ1v) is 8.10. The molecule has 1 amide bonds. The second-order valence-electron chi connectivity index (χ2n) is 6.01. The molecule has 1 aliphatic rings. The smallest absolute Gasteiger partial charge is 0.260 e. The Hall–Kier alpha value is -2.04. The van der Waals surface area contributed by atoms with E-state index < -0.39 is 0 Å². The Morgan fingerprint density at radius 1 is 1.17 bits per heavy atom. The summed E-state index contributed by atoms with van der Waals surface area (Å²) in [5, 5.41) is 0. The molecular formula is C18H25NO4. The molecule has 2 rings (SSSR count). The van der Waals surface area contributed by atoms with Crippen LogP contribution in [-0.2, 0) is 4.79 Å². The van der Waals surface area contributed by atoms with E-state index in [0.717, 1.165) is 12.8 Å². The van der Waals surface area contributed by atoms with Crippen LogP contribution in [0.1, 0.15) is 49.4 Å². The first kappa shape index (κ1) is 17.3. The molecule has 0 aliphatic heterocycles. The number of likely N-dealkylation sites (N-methyl/N-ethyl adjacent to an activating group) is 1. The van der Waals surface area contributed by atoms with Crippen molar-refractivity contribution in [2.75, 3.05) is 20.8 Å². The second kappa shape index (κ2) is 7.99. The number of ether oxygens (including phenoxy) is 2. The molecular weight excluding hydrogens is 294 g/mol. The molecule has 1 fully saturated rings. The average Bonchev–Trinajstić information content (AvgIpc) is 2.59. The average molecular weight is 319 g/mol. The van der Waals surface area contributed by atoms with E-state index in [1.807, 2.05) is 7.05 Å². The molecule has 0 spiro atoms. The predicted molar refractivity (Wildman–Crippen MR) is 88.1 cm³/mol. The summed E-state index contributed by atoms with van der Waals surface area (Å²) in [7, 11) is 3.36. The number of Topliss-reactive ketones (excluding diaryl/α,β-unsaturated/α-hetero) is 1. The number of nitrogens with zero attached hydrogens (tertiary/aromatic N) is 1. The molecule has 0 N–H and O–H groups in total. The molecule has 0 radical (unpaired) electrons. The van der Waals surface area contributed by atoms with Crippen molar-refractivity contribution in [3.05, 3.63) is 23.8 Å². The van der Waals surface area contributed by atoms with Gasteiger partial charge >= 0.3 is 0 Å². The lowest BCUT2D eigenvalue weighted by Gasteiger charge is -2.31. The van der Waals surface area contributed by atoms with Crippen LogP contribution in [0, 0.1) is 0 Å². The lowest BCUT2D eigenvalue weighted by molar-refractivity contribution is -0.134. The fourth-order valence-electron chi connectivity index (χ4n) is 2.92. The monoisotopic (exact) mass is 319 g/mol. The SMILES string of the molecule is COc1cc(C(C)=O)ccc1OCC(=O)N(C)C1CCCCC1. The van der Waals surface area contributed by atoms with Gasteiger partial charge in [0.25, 0.3) is 5.91 Å². The van der Waals surface area contributed by atoms with Crippen LogP contribution in [0.3, 0.4) is 0 Å². The number of hydrogen-bond acceptors (Lipinski definition) is 4. The highest BCUT2D eigenvalue weighted by Gasteiger charge is 2.22. The minimum absolute atomic E-state index is 0.0250. The van der Waals surface area contributed by atoms with Gasteiger partial charge in [0.2, 0.25) is 0 Å². The van der Waals surface area contributed by atoms with Gasteiger partial charge in [0.05, 0.1) is 7.11 Å². The van der Waals surface area contributed by atoms with E-state index in [1.54, 1.807) is 23.1 Å². The lowest BCUT2D eigenvalue weighted by Crippen LogP contribution is -2.40. The molecule has 0 bridgehead atoms. The zero-order valence-electron chi connectivity index (χ0n) is 14.1. The fraction of sp³-hybridized carbons (Fsp3) is 0.556. The van der Waals surface area contributed by atoms with Crippen molar-refractivity contribution in [1.82, 2.24) is 4.90 Å². The third-order valence-electron chi connectivity index (χ3n) is 4.44. The van der Waals surface area contributed by atoms with Crippen molar-refractivity contribution in [1.29, 1.82) is 0 Å². The first-order valence-electron chi connectivity index (χ1n) is 8.10. The molecule has 0 unspecified atom stereocenters. The Morgan fingerprint density at radius 2 is 1.87 bits per heavy atom. The van der Waals surface area contributed by atoms with Crippen LogP contribution >= 0.6 is 0 Å². The zero-order chi connectivity index (χ0) is 16.8. The number of benzene rings is 1. The first-order chi connectivity index (χ1) is 11.0. The van der Waals surface area contributed by atoms with E-state index in [0.29, 0.717) is 23.1 Å². The third-order valence-corrected chi connectivity index (χ3v) is 4.44. The van der Waals surface area contributed by atoms with Crippen LogP contribution in [0.25, 0.3) is 0 Å². The minimum Gasteiger partial charge on any atom is -0.493 e. The topological polar surface area (TPSA) is 55.8 Å². The molecule has 1 aliphatic carbocycles. The molecule has 5 nitrogen and oxygen atoms in total. The van der Waals surface area contributed by atoms with Crippen LogP contribution in [0.15, 0.2) is 18.2 Å². The van der Waals surface area contributed by atoms with Crippen LogP contribution in [0.2, 0.25) is 0 Å². The van der Waals surface area contributed by atoms with Crippen molar-refractivity contribution < 1.29 is 19.1 Å². The molecule has 0 atom stereocenters. The van der Waals surface area contributed by atoms with Crippen molar-refractivity contribution in [3.8, 4) is 11.5 Å². The summed E-state index contributed by atoms with van der Waals surface area (Å²) in [6.45, 7) is 1.47. The molecule has 126 valence electrons. The zero-order valence-corrected chi connectivity index (χ0v) is 14.1. The van der Waals surface area contributed by atoms with E-state index in [4.69, 9.17) is 9.47 Å². The van der Waals surface area contributed by atoms with E-state index in [9.17, 15) is 9.59 Å². The van der Waals surface area contributed by atoms with E-state index >= 15 is 0 Å². The van der Waals surface area contributed by atoms with Crippen molar-refractivity contribution in [3.63, 3.8) is 0 Å². The molecule has 23 heavy (non-hydrogen) atoms. The Labute approximate surface area is 137 Å². The lowest BCUT2D eigenvalue weighted by atomic mass is 9.94. The summed E-state index contributed by atoms with van der Waals surface area (Å²) < 4.78 is 10.9. The maximum absolute atomic E-state index is 12.3. The van der Waals surface area contributed by atoms with Gasteiger partial charge in [-0.1, -0.05) is 19.3 Å². The second-order valence-corrected chi connectivity index (χ2v) is 6.01. The summed E-state index contributed by atoms with van der Waals surface area (Å²) in [5.74, 6) is 0.867. The van der Waals surface area contributed by atoms with E-state index in [1.165, 1.54) is 33.3 Å². The van der Waals surface area contributed by atoms with Crippen LogP contribution in [0.5, 0.6) is 11.5 Å². The molecule has 0 aromatic heterocycles. The summed E-state index contributed by atoms with van der Waals surface area (Å²) in [6.07, 6.45) is 5.76. The molecule has 1 aromatic rings. The number of carbonyl (C=O) groups is 2. The van der Waals surface area contributed by atoms with Gasteiger partial charge in [-0.3, -0.25) is 9.59 Å². The Kier molecular flexibility index (Phi) is 6.02. The predicted octanol–water partition coefficient (Wildman–Crippen LogP) is 3.07. The van der Waals surface area contributed by atoms with Gasteiger partial charge in [-0.2, -0.15) is 0 Å². The van der Waals surface area contributed by atoms with Crippen LogP contribution in [-0.4, -0.2) is 43.4 Å². The van der Waals surface area contributed by atoms with Gasteiger partial charge in [-0.15, -0.1) is 0 Å². The van der Waals surface area contributed by atoms with Gasteiger partial charge in [-0.05, 0) is 38.0 Å². The number of methoxy groups -OCH3 is 1. The number of ketones is 1. The van der Waals surface area contributed by atoms with Gasteiger partial charge in [0.15, 0.2) is 23.9 Å². The molecule has 1 saturated carbocycles. The largest absolute Gasteiger partial charge is 0.493 e. The molecule has 0 heterocycles. The highest BCUT2D eigenvalue weighted by atomic mass is 16.5. The third kappa shape index (κ3) is 4.47. The Bertz CT molecular complexity index is 564. The number of amides is 1. The van der Waals surface area contributed by atoms with Crippen molar-refractivity contribution >= 4 is 11.7 Å². The quantitative estimate of drug-likeness (QED) is 0.756. The highest BCUT2D eigenvalue weighted by molar-refractivity contribution is 5.94. The molecule has 5 heteroatoms. The Balaban J connectivity index is 1.96. The standard InChI is InChI=1S/C18H25NO4/c1-13(20)14-9-10-16(17(11-14)22-3)23-12-18(21)19(2)15-7-5-4-6-8-15/h9-11,15H,4-8,12H2,1-3H3. The van der Waals surface area contributed by atoms with Crippen LogP contribution in [0.4, 0.5) is 0 Å². The summed E-state index contributed by atoms with van der Waals surface area (Å²) in [6, 6.07) is 5.30. The van der Waals surface area contributed by atoms with Crippen LogP contribution < -0.4 is 9.47 Å². The van der Waals surface area contributed by atoms with E-state index in [-0.39, 0.29) is 18.3 Å². The molecule has 1 aromatic carbocycles. The Morgan fingerprint density at radius 3 is 2.48 bits per heavy atom. The summed E-state index contributed by atoms with van der Waals surface area (Å²) >= 11 is 0. The van der Waals surface area contributed by atoms with Gasteiger partial charge in [0, 0.05) is 18.7 Å². The maximum atomic E-state index is 12.3. The van der Waals surface area contributed by atoms with Crippen molar-refractivity contribution in [2.24, 2.45) is 0 Å². The number of hydrogen-bond donors (Lipinski definition) is 0. The fourth-order valence-corrected chi connectivity index (χ4v) is 2.92. The number of carbonyl (C=O) groups excluding carboxylic acids is 2. The van der Waals surface area contributed by atoms with Gasteiger partial charge in [-0.25, -0.2) is 0 Å². The highest BCUT2D eigenvalue weighted by Crippen LogP contribution is 2.28. The summed E-state index contributed by atoms with van der Waals surface area (Å²) in [5.41, 5.74) is 0.555. The maximum Gasteiger partial charge on any atom is 0.260 e. The van der Waals surface area contributed by atoms with Gasteiger partial charge in [0.1, 0.15) is 0 Å². The molecule has 0 saturated heterocycles. The van der Waals surface area contributed by atoms with E-state index in [2.05, 4.69) is 0 Å². The summed E-state index contributed by atoms with van der Waals surface area (Å²) in [4.78, 5) is 25.5. The number of rotatable bonds is 6.